The minimum atomic E-state index is -0.927. The van der Waals surface area contributed by atoms with Gasteiger partial charge in [-0.3, -0.25) is 43.7 Å². The van der Waals surface area contributed by atoms with Crippen LogP contribution in [0.3, 0.4) is 0 Å². The van der Waals surface area contributed by atoms with Gasteiger partial charge in [0, 0.05) is 107 Å². The lowest BCUT2D eigenvalue weighted by Crippen LogP contribution is -2.42. The number of carbonyl (C=O) groups is 6. The predicted octanol–water partition coefficient (Wildman–Crippen LogP) is 10.8. The van der Waals surface area contributed by atoms with Crippen LogP contribution in [0.4, 0.5) is 0 Å². The average molecular weight is 1160 g/mol. The monoisotopic (exact) mass is 1160 g/mol. The summed E-state index contributed by atoms with van der Waals surface area (Å²) >= 11 is 0. The number of hydrogen-bond donors (Lipinski definition) is 3. The Morgan fingerprint density at radius 3 is 1.28 bits per heavy atom. The second-order valence-corrected chi connectivity index (χ2v) is 26.7. The first-order valence-electron chi connectivity index (χ1n) is 30.9. The van der Waals surface area contributed by atoms with E-state index in [0.29, 0.717) is 90.4 Å². The fourth-order valence-electron chi connectivity index (χ4n) is 17.2. The van der Waals surface area contributed by atoms with Gasteiger partial charge in [-0.1, -0.05) is 75.4 Å². The van der Waals surface area contributed by atoms with Crippen molar-refractivity contribution in [2.75, 3.05) is 6.54 Å². The van der Waals surface area contributed by atoms with Crippen LogP contribution in [-0.4, -0.2) is 80.0 Å². The average Bonchev–Trinajstić information content (AvgIpc) is 1.58. The van der Waals surface area contributed by atoms with Crippen LogP contribution in [0.5, 0.6) is 0 Å². The molecule has 4 N–H and O–H groups in total. The number of aromatic nitrogens is 3. The quantitative estimate of drug-likeness (QED) is 0.200. The molecule has 12 aliphatic rings. The number of nitrogens with one attached hydrogen (secondary N) is 1. The first-order chi connectivity index (χ1) is 41.4. The summed E-state index contributed by atoms with van der Waals surface area (Å²) in [7, 11) is 0. The lowest BCUT2D eigenvalue weighted by molar-refractivity contribution is -0.144. The standard InChI is InChI=1S/C25H28N2O3.C23H24N2O3.C23H23NO4/c1-15(28)27-13-16-10-22(29)19-12-17-7-8-25(2)20(18-4-3-9-26-14-18)5-6-21(25)24(17)30-23(19)11-16;1-23-7-6-13-9-16-19(26)10-15(22(24)27)11-20(16)28-21(13)18(23)5-4-17(23)14-3-2-8-25-12-14;1-23-7-6-13-9-16-19(25)10-15(22(26)27)11-20(16)28-21(13)18(23)5-4-17(23)14-3-2-8-24-12-14/h3-4,7-9,12,14,16,20-21,24H,5-6,10-11,13H2,1-2H3,(H,27,28);2-3,6-9,12,15,17-18,21H,4-5,10-11H2,1H3,(H2,24,27);2-3,6-9,12,15,17-18,21H,4-5,10-11H2,1H3,(H,26,27)/t16?,20-,21+,24-,25-;2*15?,17-,18+,21-,23-/m111/s1. The van der Waals surface area contributed by atoms with Crippen molar-refractivity contribution in [1.29, 1.82) is 0 Å². The molecule has 3 fully saturated rings. The van der Waals surface area contributed by atoms with Crippen LogP contribution < -0.4 is 11.1 Å². The number of carboxylic acid groups (broad SMARTS) is 1. The minimum Gasteiger partial charge on any atom is -0.489 e. The Labute approximate surface area is 501 Å². The Morgan fingerprint density at radius 2 is 0.919 bits per heavy atom. The van der Waals surface area contributed by atoms with Crippen molar-refractivity contribution in [2.24, 2.45) is 57.5 Å². The highest BCUT2D eigenvalue weighted by Crippen LogP contribution is 2.62. The minimum absolute atomic E-state index is 0.00672. The highest BCUT2D eigenvalue weighted by molar-refractivity contribution is 6.03. The number of ketones is 3. The summed E-state index contributed by atoms with van der Waals surface area (Å²) in [5.74, 6) is 1.73. The largest absolute Gasteiger partial charge is 0.489 e. The number of pyridine rings is 3. The molecule has 15 heteroatoms. The highest BCUT2D eigenvalue weighted by Gasteiger charge is 2.56. The van der Waals surface area contributed by atoms with Crippen molar-refractivity contribution in [3.63, 3.8) is 0 Å². The van der Waals surface area contributed by atoms with Gasteiger partial charge < -0.3 is 30.4 Å². The van der Waals surface area contributed by atoms with Gasteiger partial charge in [-0.15, -0.1) is 0 Å². The zero-order valence-electron chi connectivity index (χ0n) is 49.3. The van der Waals surface area contributed by atoms with E-state index in [2.05, 4.69) is 102 Å². The normalized spacial score (nSPS) is 35.6. The predicted molar refractivity (Wildman–Crippen MR) is 319 cm³/mol. The number of nitrogens with two attached hydrogens (primary N) is 1. The summed E-state index contributed by atoms with van der Waals surface area (Å²) in [6.07, 6.45) is 39.1. The van der Waals surface area contributed by atoms with Gasteiger partial charge in [0.1, 0.15) is 35.6 Å². The number of primary amides is 1. The Morgan fingerprint density at radius 1 is 0.547 bits per heavy atom. The first kappa shape index (κ1) is 57.0. The van der Waals surface area contributed by atoms with Crippen molar-refractivity contribution in [3.05, 3.63) is 196 Å². The highest BCUT2D eigenvalue weighted by atomic mass is 16.5. The molecule has 3 aromatic heterocycles. The van der Waals surface area contributed by atoms with E-state index in [4.69, 9.17) is 19.9 Å². The molecule has 15 rings (SSSR count). The molecular formula is C71H75N5O10. The fraction of sp³-hybridized carbons (Fsp3) is 0.451. The van der Waals surface area contributed by atoms with E-state index < -0.39 is 23.7 Å². The van der Waals surface area contributed by atoms with Crippen LogP contribution in [0.2, 0.25) is 0 Å². The number of nitrogens with zero attached hydrogens (tertiary/aromatic N) is 3. The number of aliphatic carboxylic acids is 1. The topological polar surface area (TPSA) is 227 Å². The molecule has 86 heavy (non-hydrogen) atoms. The van der Waals surface area contributed by atoms with E-state index >= 15 is 0 Å². The Bertz CT molecular complexity index is 3460. The molecule has 6 heterocycles. The Balaban J connectivity index is 0.000000120. The number of Topliss-reactive ketones (excluding diaryl/α,β-unsaturated/α-hetero) is 3. The Hall–Kier alpha value is -8.07. The lowest BCUT2D eigenvalue weighted by atomic mass is 9.65. The van der Waals surface area contributed by atoms with Crippen LogP contribution in [0.25, 0.3) is 0 Å². The van der Waals surface area contributed by atoms with Crippen LogP contribution in [0.15, 0.2) is 179 Å². The first-order valence-corrected chi connectivity index (χ1v) is 30.9. The number of amides is 2. The SMILES string of the molecule is CC(=O)NCC1CC(=O)C2=C(C1)O[C@@H]1C(=C2)C=C[C@]2(C)[C@@H](c3cccnc3)CC[C@@H]12.C[C@]12C=CC3=CC4=C(CC(C(=O)O)CC4=O)O[C@H]3[C@@H]1CC[C@@H]2c1cccnc1.C[C@]12C=CC3=CC4=C(CC(C(N)=O)CC4=O)O[C@H]3[C@@H]1CC[C@@H]2c1cccnc1. The van der Waals surface area contributed by atoms with Crippen molar-refractivity contribution in [1.82, 2.24) is 20.3 Å². The second-order valence-electron chi connectivity index (χ2n) is 26.7. The Kier molecular flexibility index (Phi) is 14.8. The maximum absolute atomic E-state index is 12.8. The van der Waals surface area contributed by atoms with E-state index in [0.717, 1.165) is 66.6 Å². The molecule has 15 nitrogen and oxygen atoms in total. The van der Waals surface area contributed by atoms with E-state index in [9.17, 15) is 33.9 Å². The van der Waals surface area contributed by atoms with Gasteiger partial charge >= 0.3 is 5.97 Å². The summed E-state index contributed by atoms with van der Waals surface area (Å²) in [5.41, 5.74) is 14.4. The van der Waals surface area contributed by atoms with Gasteiger partial charge in [-0.25, -0.2) is 0 Å². The third-order valence-corrected chi connectivity index (χ3v) is 21.8. The van der Waals surface area contributed by atoms with Crippen molar-refractivity contribution in [2.45, 2.75) is 141 Å². The molecule has 3 aliphatic heterocycles. The maximum atomic E-state index is 12.8. The summed E-state index contributed by atoms with van der Waals surface area (Å²) in [6, 6.07) is 12.5. The van der Waals surface area contributed by atoms with E-state index in [1.54, 1.807) is 6.20 Å². The number of fused-ring (bicyclic) bond motifs is 9. The van der Waals surface area contributed by atoms with Gasteiger partial charge in [0.25, 0.3) is 0 Å². The zero-order valence-corrected chi connectivity index (χ0v) is 49.3. The summed E-state index contributed by atoms with van der Waals surface area (Å²) < 4.78 is 19.4. The van der Waals surface area contributed by atoms with E-state index in [-0.39, 0.29) is 76.6 Å². The molecule has 15 atom stereocenters. The molecule has 0 bridgehead atoms. The van der Waals surface area contributed by atoms with Gasteiger partial charge in [-0.2, -0.15) is 0 Å². The van der Waals surface area contributed by atoms with Crippen molar-refractivity contribution < 1.29 is 48.1 Å². The molecule has 3 aromatic rings. The van der Waals surface area contributed by atoms with Gasteiger partial charge in [0.2, 0.25) is 11.8 Å². The van der Waals surface area contributed by atoms with Crippen LogP contribution in [0.1, 0.15) is 139 Å². The summed E-state index contributed by atoms with van der Waals surface area (Å²) in [6.45, 7) is 8.96. The molecule has 0 spiro atoms. The van der Waals surface area contributed by atoms with E-state index in [1.165, 1.54) is 23.6 Å². The molecule has 2 amide bonds. The number of rotatable bonds is 7. The van der Waals surface area contributed by atoms with Gasteiger partial charge in [-0.05, 0) is 148 Å². The molecule has 9 aliphatic carbocycles. The van der Waals surface area contributed by atoms with Gasteiger partial charge in [0.15, 0.2) is 17.3 Å². The molecule has 444 valence electrons. The molecule has 0 saturated heterocycles. The second kappa shape index (κ2) is 22.3. The maximum Gasteiger partial charge on any atom is 0.307 e. The number of allylic oxidation sites excluding steroid dienone is 12. The third-order valence-electron chi connectivity index (χ3n) is 21.8. The number of ether oxygens (including phenoxy) is 3. The lowest BCUT2D eigenvalue weighted by Gasteiger charge is -2.44. The van der Waals surface area contributed by atoms with E-state index in [1.807, 2.05) is 61.3 Å². The molecule has 3 saturated carbocycles. The van der Waals surface area contributed by atoms with Crippen LogP contribution in [0, 0.1) is 51.8 Å². The number of carboxylic acids is 1. The summed E-state index contributed by atoms with van der Waals surface area (Å²) in [5, 5.41) is 12.2. The third kappa shape index (κ3) is 10.1. The fourth-order valence-corrected chi connectivity index (χ4v) is 17.2. The number of carbonyl (C=O) groups excluding carboxylic acids is 5. The number of hydrogen-bond acceptors (Lipinski definition) is 12. The smallest absolute Gasteiger partial charge is 0.307 e. The van der Waals surface area contributed by atoms with Crippen molar-refractivity contribution >= 4 is 35.1 Å². The van der Waals surface area contributed by atoms with Crippen molar-refractivity contribution in [3.8, 4) is 0 Å². The molecular weight excluding hydrogens is 1080 g/mol. The molecule has 0 radical (unpaired) electrons. The van der Waals surface area contributed by atoms with Crippen LogP contribution in [-0.2, 0) is 43.0 Å². The zero-order chi connectivity index (χ0) is 59.8. The van der Waals surface area contributed by atoms with Crippen LogP contribution >= 0.6 is 0 Å². The van der Waals surface area contributed by atoms with Gasteiger partial charge in [0.05, 0.1) is 28.6 Å². The summed E-state index contributed by atoms with van der Waals surface area (Å²) in [4.78, 5) is 85.1. The molecule has 0 aromatic carbocycles. The molecule has 3 unspecified atom stereocenters.